The van der Waals surface area contributed by atoms with Crippen LogP contribution in [-0.2, 0) is 23.7 Å². The average molecular weight is 472 g/mol. The van der Waals surface area contributed by atoms with Gasteiger partial charge in [0, 0.05) is 0 Å². The lowest BCUT2D eigenvalue weighted by molar-refractivity contribution is -0.364. The fraction of sp³-hybridized carbons (Fsp3) is 0.944. The first-order valence-electron chi connectivity index (χ1n) is 10.1. The Bertz CT molecular complexity index is 590. The summed E-state index contributed by atoms with van der Waals surface area (Å²) in [6.45, 7) is 1.77. The molecule has 0 amide bonds. The summed E-state index contributed by atoms with van der Waals surface area (Å²) >= 11 is 0. The molecule has 0 aromatic carbocycles. The maximum atomic E-state index is 11.0. The van der Waals surface area contributed by atoms with Gasteiger partial charge in [0.1, 0.15) is 61.0 Å². The van der Waals surface area contributed by atoms with Crippen LogP contribution in [0.3, 0.4) is 0 Å². The molecule has 188 valence electrons. The predicted molar refractivity (Wildman–Crippen MR) is 99.6 cm³/mol. The van der Waals surface area contributed by atoms with Gasteiger partial charge in [0.2, 0.25) is 0 Å². The van der Waals surface area contributed by atoms with Crippen LogP contribution in [0.15, 0.2) is 0 Å². The highest BCUT2D eigenvalue weighted by Crippen LogP contribution is 2.30. The molecule has 0 saturated carbocycles. The molecule has 0 aromatic rings. The summed E-state index contributed by atoms with van der Waals surface area (Å²) in [6.07, 6.45) is -22.6. The Morgan fingerprint density at radius 1 is 0.906 bits per heavy atom. The number of carbonyl (C=O) groups excluding carboxylic acids is 1. The van der Waals surface area contributed by atoms with Gasteiger partial charge in [-0.2, -0.15) is 0 Å². The predicted octanol–water partition coefficient (Wildman–Crippen LogP) is -5.68. The highest BCUT2D eigenvalue weighted by molar-refractivity contribution is 5.56. The van der Waals surface area contributed by atoms with Gasteiger partial charge < -0.3 is 69.7 Å². The Labute approximate surface area is 183 Å². The maximum absolute atomic E-state index is 11.0. The molecule has 0 aromatic heterocycles. The molecule has 9 N–H and O–H groups in total. The van der Waals surface area contributed by atoms with E-state index in [1.807, 2.05) is 0 Å². The summed E-state index contributed by atoms with van der Waals surface area (Å²) in [4.78, 5) is 11.0. The van der Waals surface area contributed by atoms with Crippen molar-refractivity contribution in [3.05, 3.63) is 0 Å². The van der Waals surface area contributed by atoms with E-state index in [2.05, 4.69) is 0 Å². The molecule has 0 aliphatic carbocycles. The largest absolute Gasteiger partial charge is 0.394 e. The van der Waals surface area contributed by atoms with Crippen LogP contribution in [0.2, 0.25) is 0 Å². The van der Waals surface area contributed by atoms with Gasteiger partial charge in [0.15, 0.2) is 18.9 Å². The molecule has 14 nitrogen and oxygen atoms in total. The zero-order valence-electron chi connectivity index (χ0n) is 17.4. The fourth-order valence-electron chi connectivity index (χ4n) is 3.48. The van der Waals surface area contributed by atoms with Crippen molar-refractivity contribution in [2.24, 2.45) is 0 Å². The minimum absolute atomic E-state index is 0.0278. The van der Waals surface area contributed by atoms with Crippen molar-refractivity contribution in [1.29, 1.82) is 0 Å². The summed E-state index contributed by atoms with van der Waals surface area (Å²) in [5.74, 6) is 0. The Morgan fingerprint density at radius 2 is 1.50 bits per heavy atom. The Kier molecular flexibility index (Phi) is 9.87. The fourth-order valence-corrected chi connectivity index (χ4v) is 3.48. The molecular weight excluding hydrogens is 440 g/mol. The minimum Gasteiger partial charge on any atom is -0.394 e. The van der Waals surface area contributed by atoms with E-state index >= 15 is 0 Å². The maximum Gasteiger partial charge on any atom is 0.187 e. The quantitative estimate of drug-likeness (QED) is 0.142. The first-order chi connectivity index (χ1) is 14.9. The first kappa shape index (κ1) is 27.4. The van der Waals surface area contributed by atoms with E-state index in [1.165, 1.54) is 6.92 Å². The second-order valence-electron chi connectivity index (χ2n) is 7.95. The highest BCUT2D eigenvalue weighted by Gasteiger charge is 2.51. The van der Waals surface area contributed by atoms with E-state index in [-0.39, 0.29) is 6.29 Å². The van der Waals surface area contributed by atoms with Crippen LogP contribution in [0.25, 0.3) is 0 Å². The number of ether oxygens (including phenoxy) is 4. The van der Waals surface area contributed by atoms with E-state index < -0.39 is 92.4 Å². The van der Waals surface area contributed by atoms with Crippen LogP contribution in [0, 0.1) is 0 Å². The van der Waals surface area contributed by atoms with Crippen LogP contribution < -0.4 is 0 Å². The summed E-state index contributed by atoms with van der Waals surface area (Å²) in [5.41, 5.74) is 0. The van der Waals surface area contributed by atoms with Gasteiger partial charge in [-0.25, -0.2) is 0 Å². The van der Waals surface area contributed by atoms with Gasteiger partial charge in [0.25, 0.3) is 0 Å². The molecule has 0 spiro atoms. The second kappa shape index (κ2) is 11.5. The van der Waals surface area contributed by atoms with E-state index in [9.17, 15) is 50.8 Å². The third-order valence-electron chi connectivity index (χ3n) is 5.52. The molecule has 14 atom stereocenters. The van der Waals surface area contributed by atoms with E-state index in [1.54, 1.807) is 0 Å². The van der Waals surface area contributed by atoms with Crippen molar-refractivity contribution in [2.75, 3.05) is 6.61 Å². The summed E-state index contributed by atoms with van der Waals surface area (Å²) in [7, 11) is 0. The monoisotopic (exact) mass is 472 g/mol. The summed E-state index contributed by atoms with van der Waals surface area (Å²) in [6, 6.07) is 0. The molecule has 2 saturated heterocycles. The van der Waals surface area contributed by atoms with Crippen LogP contribution in [0.4, 0.5) is 0 Å². The van der Waals surface area contributed by atoms with Gasteiger partial charge in [-0.15, -0.1) is 0 Å². The molecular formula is C18H32O14. The summed E-state index contributed by atoms with van der Waals surface area (Å²) in [5, 5.41) is 89.7. The van der Waals surface area contributed by atoms with Gasteiger partial charge >= 0.3 is 0 Å². The lowest BCUT2D eigenvalue weighted by Gasteiger charge is -2.46. The van der Waals surface area contributed by atoms with Gasteiger partial charge in [0.05, 0.1) is 18.8 Å². The standard InChI is InChI=1S/C18H32O14/c1-5(21)9(23)15(7(22)3-19)31-18-14(28)12(26)16(8(4-20)30-18)32-17-13(27)11(25)10(24)6(2)29-17/h3,5-18,20-28H,4H2,1-2H3/t5?,6-,7?,8+,9?,10-,11+,12+,13+,14+,15?,16+,17+,18-/m0/s1. The molecule has 2 heterocycles. The second-order valence-corrected chi connectivity index (χ2v) is 7.95. The minimum atomic E-state index is -1.92. The van der Waals surface area contributed by atoms with Gasteiger partial charge in [-0.05, 0) is 13.8 Å². The van der Waals surface area contributed by atoms with E-state index in [0.29, 0.717) is 0 Å². The molecule has 2 fully saturated rings. The number of aldehydes is 1. The lowest BCUT2D eigenvalue weighted by atomic mass is 9.97. The summed E-state index contributed by atoms with van der Waals surface area (Å²) < 4.78 is 21.3. The van der Waals surface area contributed by atoms with E-state index in [4.69, 9.17) is 18.9 Å². The van der Waals surface area contributed by atoms with Gasteiger partial charge in [-0.1, -0.05) is 0 Å². The highest BCUT2D eigenvalue weighted by atomic mass is 16.7. The van der Waals surface area contributed by atoms with Crippen molar-refractivity contribution in [3.63, 3.8) is 0 Å². The lowest BCUT2D eigenvalue weighted by Crippen LogP contribution is -2.65. The zero-order valence-corrected chi connectivity index (χ0v) is 17.4. The molecule has 32 heavy (non-hydrogen) atoms. The smallest absolute Gasteiger partial charge is 0.187 e. The normalized spacial score (nSPS) is 44.5. The Hall–Kier alpha value is -0.850. The molecule has 4 unspecified atom stereocenters. The van der Waals surface area contributed by atoms with Crippen LogP contribution in [0.5, 0.6) is 0 Å². The average Bonchev–Trinajstić information content (AvgIpc) is 2.77. The van der Waals surface area contributed by atoms with Crippen molar-refractivity contribution < 1.29 is 69.7 Å². The van der Waals surface area contributed by atoms with Crippen LogP contribution >= 0.6 is 0 Å². The van der Waals surface area contributed by atoms with Crippen molar-refractivity contribution >= 4 is 6.29 Å². The number of rotatable bonds is 9. The Morgan fingerprint density at radius 3 is 2.03 bits per heavy atom. The number of carbonyl (C=O) groups is 1. The number of hydrogen-bond acceptors (Lipinski definition) is 14. The Balaban J connectivity index is 2.15. The number of hydrogen-bond donors (Lipinski definition) is 9. The number of aliphatic hydroxyl groups excluding tert-OH is 9. The molecule has 14 heteroatoms. The van der Waals surface area contributed by atoms with Gasteiger partial charge in [-0.3, -0.25) is 0 Å². The van der Waals surface area contributed by atoms with Crippen molar-refractivity contribution in [3.8, 4) is 0 Å². The van der Waals surface area contributed by atoms with Crippen LogP contribution in [0.1, 0.15) is 13.8 Å². The molecule has 2 aliphatic heterocycles. The first-order valence-corrected chi connectivity index (χ1v) is 10.1. The zero-order chi connectivity index (χ0) is 24.3. The molecule has 0 bridgehead atoms. The van der Waals surface area contributed by atoms with Crippen LogP contribution in [-0.4, -0.2) is 145 Å². The van der Waals surface area contributed by atoms with Crippen molar-refractivity contribution in [2.45, 2.75) is 99.7 Å². The number of aliphatic hydroxyl groups is 9. The third-order valence-corrected chi connectivity index (χ3v) is 5.52. The molecule has 0 radical (unpaired) electrons. The third kappa shape index (κ3) is 5.79. The van der Waals surface area contributed by atoms with E-state index in [0.717, 1.165) is 6.92 Å². The molecule has 2 aliphatic rings. The van der Waals surface area contributed by atoms with Crippen molar-refractivity contribution in [1.82, 2.24) is 0 Å². The SMILES string of the molecule is CC(O)C(O)C(O[C@@H]1O[C@H](CO)[C@@H](O[C@H]2O[C@@H](C)[C@H](O)[C@@H](O)[C@H]2O)[C@H](O)[C@H]1O)C(O)C=O. The topological polar surface area (TPSA) is 236 Å². The molecule has 2 rings (SSSR count).